The van der Waals surface area contributed by atoms with Gasteiger partial charge in [-0.25, -0.2) is 9.50 Å². The van der Waals surface area contributed by atoms with Gasteiger partial charge in [0, 0.05) is 92.9 Å². The second-order valence-electron chi connectivity index (χ2n) is 8.73. The Morgan fingerprint density at radius 1 is 1.16 bits per heavy atom. The molecule has 1 aliphatic heterocycles. The van der Waals surface area contributed by atoms with Crippen LogP contribution in [0.1, 0.15) is 16.7 Å². The van der Waals surface area contributed by atoms with E-state index in [2.05, 4.69) is 42.5 Å². The standard InChI is InChI=1S/C26H28N10O/c1-29-13-21(10-27)20-9-24(26-22(11-28)14-31-35(26)17-20)23-15-32-36(18-23)34-7-5-33(6-8-34)16-19-3-4-25(37-2)30-12-19/h3-4,9-10,12-15,17-18,27,29H,5-8,16H2,1-2H3/b21-13+,27-10?. The second-order valence-corrected chi connectivity index (χ2v) is 8.73. The van der Waals surface area contributed by atoms with Gasteiger partial charge >= 0.3 is 0 Å². The number of hydrogen-bond acceptors (Lipinski definition) is 9. The molecule has 37 heavy (non-hydrogen) atoms. The molecule has 11 heteroatoms. The van der Waals surface area contributed by atoms with Gasteiger partial charge in [-0.15, -0.1) is 0 Å². The van der Waals surface area contributed by atoms with Crippen molar-refractivity contribution in [1.29, 1.82) is 10.7 Å². The first-order chi connectivity index (χ1) is 18.1. The van der Waals surface area contributed by atoms with Gasteiger partial charge in [0.1, 0.15) is 6.07 Å². The predicted molar refractivity (Wildman–Crippen MR) is 141 cm³/mol. The Morgan fingerprint density at radius 3 is 2.68 bits per heavy atom. The van der Waals surface area contributed by atoms with E-state index in [9.17, 15) is 5.26 Å². The molecule has 5 rings (SSSR count). The van der Waals surface area contributed by atoms with E-state index in [-0.39, 0.29) is 0 Å². The van der Waals surface area contributed by atoms with E-state index >= 15 is 0 Å². The summed E-state index contributed by atoms with van der Waals surface area (Å²) in [6.07, 6.45) is 12.1. The zero-order chi connectivity index (χ0) is 25.8. The van der Waals surface area contributed by atoms with Crippen LogP contribution in [0.15, 0.2) is 55.4 Å². The normalized spacial score (nSPS) is 14.5. The summed E-state index contributed by atoms with van der Waals surface area (Å²) in [5, 5.41) is 31.7. The number of fused-ring (bicyclic) bond motifs is 1. The zero-order valence-corrected chi connectivity index (χ0v) is 20.8. The predicted octanol–water partition coefficient (Wildman–Crippen LogP) is 2.14. The molecular formula is C26H28N10O. The molecule has 188 valence electrons. The second kappa shape index (κ2) is 10.5. The topological polar surface area (TPSA) is 123 Å². The van der Waals surface area contributed by atoms with Crippen molar-refractivity contribution < 1.29 is 4.74 Å². The number of nitrogens with zero attached hydrogens (tertiary/aromatic N) is 8. The van der Waals surface area contributed by atoms with Gasteiger partial charge < -0.3 is 15.5 Å². The number of piperazine rings is 1. The van der Waals surface area contributed by atoms with Crippen LogP contribution in [0.2, 0.25) is 0 Å². The number of pyridine rings is 2. The highest BCUT2D eigenvalue weighted by molar-refractivity contribution is 6.08. The third-order valence-corrected chi connectivity index (χ3v) is 6.45. The minimum absolute atomic E-state index is 0.491. The molecule has 0 aliphatic carbocycles. The highest BCUT2D eigenvalue weighted by Crippen LogP contribution is 2.30. The Morgan fingerprint density at radius 2 is 2.00 bits per heavy atom. The average molecular weight is 497 g/mol. The molecule has 0 aromatic carbocycles. The summed E-state index contributed by atoms with van der Waals surface area (Å²) in [5.74, 6) is 0.621. The SMILES string of the molecule is CN/C=C(\C=N)c1cc(-c2cnn(N3CCN(Cc4ccc(OC)nc4)CC3)c2)c2c(C#N)cnn2c1. The van der Waals surface area contributed by atoms with E-state index in [1.54, 1.807) is 31.1 Å². The lowest BCUT2D eigenvalue weighted by atomic mass is 10.0. The first-order valence-corrected chi connectivity index (χ1v) is 11.9. The molecule has 11 nitrogen and oxygen atoms in total. The molecule has 4 aromatic heterocycles. The van der Waals surface area contributed by atoms with Crippen molar-refractivity contribution in [3.8, 4) is 23.1 Å². The van der Waals surface area contributed by atoms with Crippen LogP contribution >= 0.6 is 0 Å². The Hall–Kier alpha value is -4.69. The minimum atomic E-state index is 0.491. The number of allylic oxidation sites excluding steroid dienone is 1. The van der Waals surface area contributed by atoms with Gasteiger partial charge in [0.2, 0.25) is 5.88 Å². The first kappa shape index (κ1) is 24.0. The number of hydrogen-bond donors (Lipinski definition) is 2. The fourth-order valence-electron chi connectivity index (χ4n) is 4.53. The van der Waals surface area contributed by atoms with Crippen LogP contribution in [0.4, 0.5) is 0 Å². The Balaban J connectivity index is 1.36. The summed E-state index contributed by atoms with van der Waals surface area (Å²) >= 11 is 0. The van der Waals surface area contributed by atoms with Crippen LogP contribution in [-0.4, -0.2) is 75.9 Å². The maximum atomic E-state index is 9.67. The highest BCUT2D eigenvalue weighted by Gasteiger charge is 2.20. The number of aromatic nitrogens is 5. The number of methoxy groups -OCH3 is 1. The molecule has 0 atom stereocenters. The Labute approximate surface area is 214 Å². The lowest BCUT2D eigenvalue weighted by Gasteiger charge is -2.35. The van der Waals surface area contributed by atoms with Crippen LogP contribution in [0.3, 0.4) is 0 Å². The molecule has 0 spiro atoms. The van der Waals surface area contributed by atoms with Crippen molar-refractivity contribution in [2.24, 2.45) is 0 Å². The average Bonchev–Trinajstić information content (AvgIpc) is 3.60. The summed E-state index contributed by atoms with van der Waals surface area (Å²) in [6.45, 7) is 4.31. The Kier molecular flexibility index (Phi) is 6.83. The molecule has 0 amide bonds. The quantitative estimate of drug-likeness (QED) is 0.356. The van der Waals surface area contributed by atoms with Crippen molar-refractivity contribution in [2.45, 2.75) is 6.54 Å². The molecule has 1 aliphatic rings. The summed E-state index contributed by atoms with van der Waals surface area (Å²) in [5.41, 5.74) is 5.61. The van der Waals surface area contributed by atoms with Crippen LogP contribution in [-0.2, 0) is 6.54 Å². The molecule has 0 unspecified atom stereocenters. The number of nitriles is 1. The van der Waals surface area contributed by atoms with Crippen molar-refractivity contribution in [3.63, 3.8) is 0 Å². The van der Waals surface area contributed by atoms with Gasteiger partial charge in [-0.2, -0.15) is 20.3 Å². The third kappa shape index (κ3) is 4.87. The van der Waals surface area contributed by atoms with Gasteiger partial charge in [0.15, 0.2) is 0 Å². The first-order valence-electron chi connectivity index (χ1n) is 11.9. The van der Waals surface area contributed by atoms with E-state index in [1.807, 2.05) is 41.7 Å². The van der Waals surface area contributed by atoms with E-state index in [0.717, 1.165) is 60.5 Å². The summed E-state index contributed by atoms with van der Waals surface area (Å²) in [7, 11) is 3.41. The number of ether oxygens (including phenoxy) is 1. The van der Waals surface area contributed by atoms with Crippen molar-refractivity contribution in [2.75, 3.05) is 45.3 Å². The van der Waals surface area contributed by atoms with Crippen LogP contribution in [0, 0.1) is 16.7 Å². The highest BCUT2D eigenvalue weighted by atomic mass is 16.5. The van der Waals surface area contributed by atoms with Gasteiger partial charge in [-0.1, -0.05) is 6.07 Å². The lowest BCUT2D eigenvalue weighted by Crippen LogP contribution is -2.50. The van der Waals surface area contributed by atoms with Crippen LogP contribution < -0.4 is 15.1 Å². The molecule has 2 N–H and O–H groups in total. The fraction of sp³-hybridized carbons (Fsp3) is 0.269. The van der Waals surface area contributed by atoms with E-state index < -0.39 is 0 Å². The fourth-order valence-corrected chi connectivity index (χ4v) is 4.53. The Bertz CT molecular complexity index is 1470. The monoisotopic (exact) mass is 496 g/mol. The zero-order valence-electron chi connectivity index (χ0n) is 20.8. The molecular weight excluding hydrogens is 468 g/mol. The van der Waals surface area contributed by atoms with Crippen LogP contribution in [0.25, 0.3) is 22.2 Å². The summed E-state index contributed by atoms with van der Waals surface area (Å²) in [4.78, 5) is 8.58. The van der Waals surface area contributed by atoms with Gasteiger partial charge in [-0.05, 0) is 11.6 Å². The largest absolute Gasteiger partial charge is 0.481 e. The molecule has 4 aromatic rings. The van der Waals surface area contributed by atoms with Crippen LogP contribution in [0.5, 0.6) is 5.88 Å². The smallest absolute Gasteiger partial charge is 0.212 e. The maximum Gasteiger partial charge on any atom is 0.212 e. The van der Waals surface area contributed by atoms with Gasteiger partial charge in [0.25, 0.3) is 0 Å². The van der Waals surface area contributed by atoms with E-state index in [4.69, 9.17) is 10.1 Å². The van der Waals surface area contributed by atoms with Gasteiger partial charge in [-0.3, -0.25) is 9.91 Å². The number of nitrogens with one attached hydrogen (secondary N) is 2. The molecule has 1 fully saturated rings. The minimum Gasteiger partial charge on any atom is -0.481 e. The van der Waals surface area contributed by atoms with Crippen molar-refractivity contribution in [1.82, 2.24) is 34.7 Å². The molecule has 0 bridgehead atoms. The summed E-state index contributed by atoms with van der Waals surface area (Å²) in [6, 6.07) is 8.16. The van der Waals surface area contributed by atoms with E-state index in [0.29, 0.717) is 17.0 Å². The lowest BCUT2D eigenvalue weighted by molar-refractivity contribution is 0.228. The third-order valence-electron chi connectivity index (χ3n) is 6.45. The number of rotatable bonds is 8. The summed E-state index contributed by atoms with van der Waals surface area (Å²) < 4.78 is 6.84. The van der Waals surface area contributed by atoms with Crippen molar-refractivity contribution in [3.05, 3.63) is 72.1 Å². The molecule has 1 saturated heterocycles. The van der Waals surface area contributed by atoms with E-state index in [1.165, 1.54) is 6.21 Å². The maximum absolute atomic E-state index is 9.67. The molecule has 5 heterocycles. The molecule has 0 radical (unpaired) electrons. The van der Waals surface area contributed by atoms with Crippen molar-refractivity contribution >= 4 is 17.3 Å². The molecule has 0 saturated carbocycles. The van der Waals surface area contributed by atoms with Gasteiger partial charge in [0.05, 0.1) is 36.8 Å².